The highest BCUT2D eigenvalue weighted by atomic mass is 16.3. The van der Waals surface area contributed by atoms with Crippen LogP contribution in [0.25, 0.3) is 0 Å². The normalized spacial score (nSPS) is 46.1. The molecule has 4 rings (SSSR count). The van der Waals surface area contributed by atoms with Gasteiger partial charge < -0.3 is 10.8 Å². The van der Waals surface area contributed by atoms with Gasteiger partial charge in [0, 0.05) is 0 Å². The van der Waals surface area contributed by atoms with E-state index >= 15 is 0 Å². The lowest BCUT2D eigenvalue weighted by Crippen LogP contribution is -2.50. The number of hydrazine groups is 1. The molecular weight excluding hydrogens is 384 g/mol. The van der Waals surface area contributed by atoms with Gasteiger partial charge in [0.2, 0.25) is 0 Å². The van der Waals surface area contributed by atoms with Crippen LogP contribution in [-0.4, -0.2) is 28.7 Å². The lowest BCUT2D eigenvalue weighted by Gasteiger charge is -2.56. The first-order valence-corrected chi connectivity index (χ1v) is 13.3. The molecule has 0 saturated heterocycles. The Bertz CT molecular complexity index is 649. The van der Waals surface area contributed by atoms with E-state index < -0.39 is 0 Å². The van der Waals surface area contributed by atoms with Crippen molar-refractivity contribution in [3.63, 3.8) is 0 Å². The second-order valence-corrected chi connectivity index (χ2v) is 12.1. The number of rotatable bonds is 6. The Balaban J connectivity index is 1.46. The van der Waals surface area contributed by atoms with Gasteiger partial charge in [-0.1, -0.05) is 40.0 Å². The highest BCUT2D eigenvalue weighted by Crippen LogP contribution is 2.65. The lowest BCUT2D eigenvalue weighted by atomic mass is 9.48. The fraction of sp³-hybridized carbons (Fsp3) is 0.962. The molecule has 4 saturated carbocycles. The van der Waals surface area contributed by atoms with Crippen LogP contribution in [-0.2, 0) is 0 Å². The summed E-state index contributed by atoms with van der Waals surface area (Å²) in [5.41, 5.74) is 5.94. The van der Waals surface area contributed by atoms with Crippen LogP contribution in [0.4, 0.5) is 0 Å². The zero-order chi connectivity index (χ0) is 22.3. The first kappa shape index (κ1) is 23.4. The monoisotopic (exact) mass is 432 g/mol. The average Bonchev–Trinajstić information content (AvgIpc) is 2.97. The van der Waals surface area contributed by atoms with Gasteiger partial charge in [-0.25, -0.2) is 11.0 Å². The van der Waals surface area contributed by atoms with Crippen molar-refractivity contribution in [1.29, 1.82) is 0 Å². The fourth-order valence-corrected chi connectivity index (χ4v) is 9.35. The zero-order valence-corrected chi connectivity index (χ0v) is 20.5. The third kappa shape index (κ3) is 4.38. The van der Waals surface area contributed by atoms with Crippen LogP contribution in [0.15, 0.2) is 5.10 Å². The molecule has 0 aliphatic heterocycles. The SMILES string of the molecule is CCCC1CCC2C(CCC3C2CCC2(C)C3CC(O)[C@@H]2C(C)CN(N)/N=C(/C)N)C1. The second kappa shape index (κ2) is 9.21. The Morgan fingerprint density at radius 1 is 1.13 bits per heavy atom. The van der Waals surface area contributed by atoms with Gasteiger partial charge >= 0.3 is 0 Å². The number of hydrogen-bond acceptors (Lipinski definition) is 4. The van der Waals surface area contributed by atoms with Crippen LogP contribution in [0, 0.1) is 52.8 Å². The molecule has 10 atom stereocenters. The van der Waals surface area contributed by atoms with Gasteiger partial charge in [0.1, 0.15) is 5.84 Å². The van der Waals surface area contributed by atoms with Gasteiger partial charge in [0.15, 0.2) is 0 Å². The summed E-state index contributed by atoms with van der Waals surface area (Å²) in [5, 5.41) is 16.9. The minimum absolute atomic E-state index is 0.210. The summed E-state index contributed by atoms with van der Waals surface area (Å²) in [6.45, 7) is 9.51. The van der Waals surface area contributed by atoms with E-state index in [1.54, 1.807) is 6.92 Å². The number of hydrogen-bond donors (Lipinski definition) is 3. The van der Waals surface area contributed by atoms with Crippen molar-refractivity contribution in [1.82, 2.24) is 5.12 Å². The summed E-state index contributed by atoms with van der Waals surface area (Å²) in [6.07, 6.45) is 13.5. The van der Waals surface area contributed by atoms with E-state index in [4.69, 9.17) is 11.6 Å². The summed E-state index contributed by atoms with van der Waals surface area (Å²) in [6, 6.07) is 0. The molecule has 0 radical (unpaired) electrons. The van der Waals surface area contributed by atoms with Crippen LogP contribution in [0.3, 0.4) is 0 Å². The van der Waals surface area contributed by atoms with Gasteiger partial charge in [-0.05, 0) is 105 Å². The van der Waals surface area contributed by atoms with Crippen molar-refractivity contribution >= 4 is 5.84 Å². The number of amidine groups is 1. The molecule has 0 aromatic carbocycles. The molecule has 5 nitrogen and oxygen atoms in total. The standard InChI is InChI=1S/C26H48N4O/c1-5-6-18-7-9-20-19(13-18)8-10-22-21(20)11-12-26(4)23(22)14-24(31)25(26)16(2)15-30(28)29-17(3)27/h16,18-25,31H,5-15,28H2,1-4H3,(H2,27,29)/t16?,18?,19?,20?,21?,22?,23?,24?,25-,26?/m0/s1. The van der Waals surface area contributed by atoms with Crippen LogP contribution in [0.5, 0.6) is 0 Å². The Morgan fingerprint density at radius 2 is 1.87 bits per heavy atom. The molecule has 0 amide bonds. The molecule has 31 heavy (non-hydrogen) atoms. The highest BCUT2D eigenvalue weighted by molar-refractivity contribution is 5.77. The van der Waals surface area contributed by atoms with Crippen LogP contribution in [0.1, 0.15) is 91.9 Å². The van der Waals surface area contributed by atoms with E-state index in [0.717, 1.165) is 36.0 Å². The van der Waals surface area contributed by atoms with Crippen LogP contribution < -0.4 is 11.6 Å². The molecule has 4 aliphatic carbocycles. The van der Waals surface area contributed by atoms with Crippen LogP contribution >= 0.6 is 0 Å². The number of hydrazone groups is 1. The van der Waals surface area contributed by atoms with Gasteiger partial charge in [0.05, 0.1) is 12.6 Å². The number of aliphatic hydroxyl groups is 1. The van der Waals surface area contributed by atoms with Crippen molar-refractivity contribution < 1.29 is 5.11 Å². The molecule has 0 spiro atoms. The van der Waals surface area contributed by atoms with E-state index in [1.165, 1.54) is 62.9 Å². The maximum Gasteiger partial charge on any atom is 0.118 e. The molecule has 5 N–H and O–H groups in total. The van der Waals surface area contributed by atoms with Gasteiger partial charge in [-0.3, -0.25) is 0 Å². The summed E-state index contributed by atoms with van der Waals surface area (Å²) in [4.78, 5) is 0. The summed E-state index contributed by atoms with van der Waals surface area (Å²) in [5.74, 6) is 12.5. The number of nitrogens with two attached hydrogens (primary N) is 2. The average molecular weight is 433 g/mol. The summed E-state index contributed by atoms with van der Waals surface area (Å²) in [7, 11) is 0. The van der Waals surface area contributed by atoms with Gasteiger partial charge in [0.25, 0.3) is 0 Å². The summed E-state index contributed by atoms with van der Waals surface area (Å²) < 4.78 is 0. The molecule has 0 bridgehead atoms. The van der Waals surface area contributed by atoms with Gasteiger partial charge in [-0.2, -0.15) is 0 Å². The first-order chi connectivity index (χ1) is 14.7. The molecule has 5 heteroatoms. The number of fused-ring (bicyclic) bond motifs is 5. The Hall–Kier alpha value is -0.810. The minimum atomic E-state index is -0.210. The second-order valence-electron chi connectivity index (χ2n) is 12.1. The molecule has 4 aliphatic rings. The molecule has 0 aromatic heterocycles. The molecule has 9 unspecified atom stereocenters. The van der Waals surface area contributed by atoms with E-state index in [-0.39, 0.29) is 11.5 Å². The highest BCUT2D eigenvalue weighted by Gasteiger charge is 2.60. The predicted octanol–water partition coefficient (Wildman–Crippen LogP) is 4.75. The maximum absolute atomic E-state index is 11.2. The van der Waals surface area contributed by atoms with E-state index in [0.29, 0.717) is 30.1 Å². The summed E-state index contributed by atoms with van der Waals surface area (Å²) >= 11 is 0. The van der Waals surface area contributed by atoms with E-state index in [2.05, 4.69) is 25.9 Å². The van der Waals surface area contributed by atoms with Crippen LogP contribution in [0.2, 0.25) is 0 Å². The quantitative estimate of drug-likeness (QED) is 0.245. The van der Waals surface area contributed by atoms with Crippen molar-refractivity contribution in [2.24, 2.45) is 69.4 Å². The van der Waals surface area contributed by atoms with Gasteiger partial charge in [-0.15, -0.1) is 5.10 Å². The molecule has 0 heterocycles. The van der Waals surface area contributed by atoms with E-state index in [9.17, 15) is 5.11 Å². The zero-order valence-electron chi connectivity index (χ0n) is 20.5. The Kier molecular flexibility index (Phi) is 6.94. The largest absolute Gasteiger partial charge is 0.393 e. The van der Waals surface area contributed by atoms with Crippen molar-refractivity contribution in [2.75, 3.05) is 6.54 Å². The minimum Gasteiger partial charge on any atom is -0.393 e. The predicted molar refractivity (Wildman–Crippen MR) is 128 cm³/mol. The Morgan fingerprint density at radius 3 is 2.58 bits per heavy atom. The lowest BCUT2D eigenvalue weighted by molar-refractivity contribution is -0.0787. The van der Waals surface area contributed by atoms with Crippen molar-refractivity contribution in [3.8, 4) is 0 Å². The topological polar surface area (TPSA) is 87.9 Å². The molecule has 4 fully saturated rings. The fourth-order valence-electron chi connectivity index (χ4n) is 9.35. The number of aliphatic hydroxyl groups excluding tert-OH is 1. The molecule has 178 valence electrons. The third-order valence-corrected chi connectivity index (χ3v) is 10.2. The van der Waals surface area contributed by atoms with Crippen molar-refractivity contribution in [2.45, 2.75) is 98.0 Å². The number of nitrogens with zero attached hydrogens (tertiary/aromatic N) is 2. The Labute approximate surface area is 190 Å². The van der Waals surface area contributed by atoms with Crippen molar-refractivity contribution in [3.05, 3.63) is 0 Å². The molecular formula is C26H48N4O. The molecule has 0 aromatic rings. The van der Waals surface area contributed by atoms with E-state index in [1.807, 2.05) is 0 Å². The third-order valence-electron chi connectivity index (χ3n) is 10.2. The smallest absolute Gasteiger partial charge is 0.118 e. The first-order valence-electron chi connectivity index (χ1n) is 13.3. The maximum atomic E-state index is 11.2.